The summed E-state index contributed by atoms with van der Waals surface area (Å²) in [6.07, 6.45) is 1.88. The van der Waals surface area contributed by atoms with Gasteiger partial charge < -0.3 is 20.2 Å². The average molecular weight is 500 g/mol. The van der Waals surface area contributed by atoms with Crippen LogP contribution in [0.15, 0.2) is 48.5 Å². The highest BCUT2D eigenvalue weighted by atomic mass is 35.5. The first kappa shape index (κ1) is 24.1. The zero-order valence-corrected chi connectivity index (χ0v) is 20.8. The summed E-state index contributed by atoms with van der Waals surface area (Å²) < 4.78 is 13.5. The summed E-state index contributed by atoms with van der Waals surface area (Å²) in [6, 6.07) is 13.1. The molecule has 3 aliphatic rings. The number of aliphatic hydroxyl groups excluding tert-OH is 1. The number of nitrogens with one attached hydrogen (secondary N) is 1. The highest BCUT2D eigenvalue weighted by Crippen LogP contribution is 2.57. The maximum Gasteiger partial charge on any atom is 0.317 e. The van der Waals surface area contributed by atoms with E-state index in [2.05, 4.69) is 19.2 Å². The van der Waals surface area contributed by atoms with Crippen molar-refractivity contribution in [3.8, 4) is 0 Å². The molecule has 2 aliphatic heterocycles. The Labute approximate surface area is 210 Å². The molecule has 2 heterocycles. The van der Waals surface area contributed by atoms with Crippen molar-refractivity contribution in [2.75, 3.05) is 24.6 Å². The molecule has 1 spiro atoms. The Kier molecular flexibility index (Phi) is 6.04. The molecule has 2 N–H and O–H groups in total. The molecule has 3 fully saturated rings. The number of hydrogen-bond donors (Lipinski definition) is 2. The first-order valence-corrected chi connectivity index (χ1v) is 12.6. The molecule has 0 radical (unpaired) electrons. The number of benzene rings is 2. The highest BCUT2D eigenvalue weighted by Gasteiger charge is 2.62. The lowest BCUT2D eigenvalue weighted by Gasteiger charge is -2.59. The summed E-state index contributed by atoms with van der Waals surface area (Å²) in [5.74, 6) is -0.0600. The number of amides is 3. The molecule has 0 aromatic heterocycles. The second-order valence-electron chi connectivity index (χ2n) is 10.5. The van der Waals surface area contributed by atoms with Crippen molar-refractivity contribution < 1.29 is 19.1 Å². The minimum Gasteiger partial charge on any atom is -0.396 e. The summed E-state index contributed by atoms with van der Waals surface area (Å²) in [5, 5.41) is 13.5. The molecule has 8 heteroatoms. The van der Waals surface area contributed by atoms with E-state index in [0.29, 0.717) is 36.6 Å². The molecule has 5 rings (SSSR count). The highest BCUT2D eigenvalue weighted by molar-refractivity contribution is 6.30. The van der Waals surface area contributed by atoms with Gasteiger partial charge in [0.05, 0.1) is 18.1 Å². The largest absolute Gasteiger partial charge is 0.396 e. The summed E-state index contributed by atoms with van der Waals surface area (Å²) in [4.78, 5) is 30.1. The number of β-lactam (4-membered cyclic amide) rings is 1. The van der Waals surface area contributed by atoms with Crippen LogP contribution in [0, 0.1) is 22.6 Å². The number of likely N-dealkylation sites (tertiary alicyclic amines) is 1. The zero-order chi connectivity index (χ0) is 25.0. The minimum atomic E-state index is -0.620. The summed E-state index contributed by atoms with van der Waals surface area (Å²) in [5.41, 5.74) is 0.779. The quantitative estimate of drug-likeness (QED) is 0.582. The molecule has 2 aromatic carbocycles. The van der Waals surface area contributed by atoms with Crippen molar-refractivity contribution in [1.29, 1.82) is 0 Å². The lowest BCUT2D eigenvalue weighted by Crippen LogP contribution is -2.67. The van der Waals surface area contributed by atoms with Crippen LogP contribution in [0.25, 0.3) is 0 Å². The number of piperidine rings is 1. The van der Waals surface area contributed by atoms with Gasteiger partial charge >= 0.3 is 6.03 Å². The lowest BCUT2D eigenvalue weighted by atomic mass is 9.62. The van der Waals surface area contributed by atoms with Crippen molar-refractivity contribution in [3.63, 3.8) is 0 Å². The number of carbonyl (C=O) groups is 2. The van der Waals surface area contributed by atoms with Crippen molar-refractivity contribution >= 4 is 29.2 Å². The van der Waals surface area contributed by atoms with Gasteiger partial charge in [-0.05, 0) is 67.1 Å². The van der Waals surface area contributed by atoms with Crippen molar-refractivity contribution in [1.82, 2.24) is 10.2 Å². The second-order valence-corrected chi connectivity index (χ2v) is 10.9. The third-order valence-corrected chi connectivity index (χ3v) is 8.77. The second kappa shape index (κ2) is 8.79. The van der Waals surface area contributed by atoms with E-state index in [1.807, 2.05) is 24.3 Å². The Morgan fingerprint density at radius 2 is 1.77 bits per heavy atom. The molecule has 1 aliphatic carbocycles. The van der Waals surface area contributed by atoms with Gasteiger partial charge in [-0.1, -0.05) is 37.6 Å². The number of aliphatic hydroxyl groups is 1. The van der Waals surface area contributed by atoms with Gasteiger partial charge in [-0.25, -0.2) is 9.18 Å². The number of halogens is 2. The average Bonchev–Trinajstić information content (AvgIpc) is 3.58. The number of hydrogen-bond acceptors (Lipinski definition) is 3. The Balaban J connectivity index is 1.33. The third kappa shape index (κ3) is 3.89. The van der Waals surface area contributed by atoms with Gasteiger partial charge in [-0.15, -0.1) is 0 Å². The van der Waals surface area contributed by atoms with Crippen molar-refractivity contribution in [2.45, 2.75) is 45.2 Å². The van der Waals surface area contributed by atoms with Gasteiger partial charge in [0.1, 0.15) is 5.82 Å². The molecule has 1 saturated carbocycles. The van der Waals surface area contributed by atoms with Gasteiger partial charge in [-0.2, -0.15) is 0 Å². The molecular weight excluding hydrogens is 469 g/mol. The number of nitrogens with zero attached hydrogens (tertiary/aromatic N) is 2. The SMILES string of the molecule is CC(C)[C@@]1(CO)C[C@H]1NC(=O)N1CCC2(CC1)C(=O)N(c1ccc(F)cc1)C2c1ccc(Cl)cc1. The van der Waals surface area contributed by atoms with E-state index in [-0.39, 0.29) is 47.8 Å². The Morgan fingerprint density at radius 3 is 2.31 bits per heavy atom. The van der Waals surface area contributed by atoms with E-state index < -0.39 is 5.41 Å². The predicted octanol–water partition coefficient (Wildman–Crippen LogP) is 4.77. The molecule has 0 bridgehead atoms. The first-order chi connectivity index (χ1) is 16.7. The smallest absolute Gasteiger partial charge is 0.317 e. The number of rotatable bonds is 5. The normalized spacial score (nSPS) is 27.2. The van der Waals surface area contributed by atoms with E-state index in [0.717, 1.165) is 12.0 Å². The van der Waals surface area contributed by atoms with Gasteiger partial charge in [-0.3, -0.25) is 4.79 Å². The van der Waals surface area contributed by atoms with Crippen LogP contribution in [0.4, 0.5) is 14.9 Å². The topological polar surface area (TPSA) is 72.9 Å². The van der Waals surface area contributed by atoms with Gasteiger partial charge in [0.15, 0.2) is 0 Å². The fourth-order valence-electron chi connectivity index (χ4n) is 5.98. The molecule has 2 saturated heterocycles. The van der Waals surface area contributed by atoms with Crippen LogP contribution < -0.4 is 10.2 Å². The Hall–Kier alpha value is -2.64. The van der Waals surface area contributed by atoms with Gasteiger partial charge in [0.2, 0.25) is 5.91 Å². The molecule has 35 heavy (non-hydrogen) atoms. The lowest BCUT2D eigenvalue weighted by molar-refractivity contribution is -0.144. The number of urea groups is 1. The van der Waals surface area contributed by atoms with Crippen LogP contribution in [0.5, 0.6) is 0 Å². The van der Waals surface area contributed by atoms with Crippen LogP contribution in [0.3, 0.4) is 0 Å². The Bertz CT molecular complexity index is 1120. The monoisotopic (exact) mass is 499 g/mol. The van der Waals surface area contributed by atoms with Crippen molar-refractivity contribution in [3.05, 3.63) is 64.9 Å². The molecule has 2 aromatic rings. The van der Waals surface area contributed by atoms with Crippen molar-refractivity contribution in [2.24, 2.45) is 16.7 Å². The number of carbonyl (C=O) groups excluding carboxylic acids is 2. The molecule has 3 amide bonds. The van der Waals surface area contributed by atoms with E-state index in [4.69, 9.17) is 11.6 Å². The van der Waals surface area contributed by atoms with Crippen LogP contribution >= 0.6 is 11.6 Å². The van der Waals surface area contributed by atoms with Gasteiger partial charge in [0, 0.05) is 35.3 Å². The zero-order valence-electron chi connectivity index (χ0n) is 20.0. The van der Waals surface area contributed by atoms with Crippen LogP contribution in [-0.4, -0.2) is 47.7 Å². The summed E-state index contributed by atoms with van der Waals surface area (Å²) in [6.45, 7) is 5.14. The molecular formula is C27H31ClFN3O3. The Morgan fingerprint density at radius 1 is 1.14 bits per heavy atom. The minimum absolute atomic E-state index is 0.00501. The molecule has 6 nitrogen and oxygen atoms in total. The number of anilines is 1. The molecule has 1 unspecified atom stereocenters. The van der Waals surface area contributed by atoms with Crippen LogP contribution in [-0.2, 0) is 4.79 Å². The van der Waals surface area contributed by atoms with Crippen LogP contribution in [0.1, 0.15) is 44.7 Å². The third-order valence-electron chi connectivity index (χ3n) is 8.52. The van der Waals surface area contributed by atoms with E-state index in [9.17, 15) is 19.1 Å². The predicted molar refractivity (Wildman–Crippen MR) is 133 cm³/mol. The van der Waals surface area contributed by atoms with Crippen LogP contribution in [0.2, 0.25) is 5.02 Å². The maximum atomic E-state index is 13.6. The van der Waals surface area contributed by atoms with E-state index >= 15 is 0 Å². The fraction of sp³-hybridized carbons (Fsp3) is 0.481. The maximum absolute atomic E-state index is 13.6. The first-order valence-electron chi connectivity index (χ1n) is 12.2. The van der Waals surface area contributed by atoms with E-state index in [1.54, 1.807) is 21.9 Å². The molecule has 186 valence electrons. The summed E-state index contributed by atoms with van der Waals surface area (Å²) in [7, 11) is 0. The van der Waals surface area contributed by atoms with E-state index in [1.165, 1.54) is 12.1 Å². The summed E-state index contributed by atoms with van der Waals surface area (Å²) >= 11 is 6.12. The van der Waals surface area contributed by atoms with Gasteiger partial charge in [0.25, 0.3) is 0 Å². The molecule has 3 atom stereocenters. The fourth-order valence-corrected chi connectivity index (χ4v) is 6.11. The standard InChI is InChI=1S/C27H31ClFN3O3/c1-17(2)27(16-33)15-22(27)30-25(35)31-13-11-26(12-14-31)23(18-3-5-19(28)6-4-18)32(24(26)34)21-9-7-20(29)8-10-21/h3-10,17,22-23,33H,11-16H2,1-2H3,(H,30,35)/t22-,23?,27+/m1/s1.